The van der Waals surface area contributed by atoms with Gasteiger partial charge < -0.3 is 0 Å². The first kappa shape index (κ1) is 19.4. The van der Waals surface area contributed by atoms with E-state index in [2.05, 4.69) is 42.1 Å². The van der Waals surface area contributed by atoms with Crippen LogP contribution in [-0.2, 0) is 0 Å². The molecule has 2 aliphatic rings. The van der Waals surface area contributed by atoms with Crippen molar-refractivity contribution in [2.75, 3.05) is 6.16 Å². The molecule has 0 nitrogen and oxygen atoms in total. The van der Waals surface area contributed by atoms with Crippen molar-refractivity contribution in [1.82, 2.24) is 0 Å². The summed E-state index contributed by atoms with van der Waals surface area (Å²) in [6.07, 6.45) is 16.1. The van der Waals surface area contributed by atoms with Gasteiger partial charge in [-0.3, -0.25) is 0 Å². The van der Waals surface area contributed by atoms with Crippen molar-refractivity contribution < 1.29 is 0 Å². The van der Waals surface area contributed by atoms with Gasteiger partial charge in [0, 0.05) is 0 Å². The lowest BCUT2D eigenvalue weighted by Gasteiger charge is -2.38. The number of benzene rings is 1. The molecule has 3 rings (SSSR count). The Hall–Kier alpha value is -0.350. The monoisotopic (exact) mass is 358 g/mol. The van der Waals surface area contributed by atoms with Gasteiger partial charge >= 0.3 is 0 Å². The number of aryl methyl sites for hydroxylation is 2. The molecule has 0 saturated heterocycles. The third-order valence-corrected chi connectivity index (χ3v) is 7.98. The first-order chi connectivity index (χ1) is 12.1. The maximum absolute atomic E-state index is 2.89. The van der Waals surface area contributed by atoms with Gasteiger partial charge in [0.25, 0.3) is 0 Å². The first-order valence-electron chi connectivity index (χ1n) is 10.9. The van der Waals surface area contributed by atoms with Crippen molar-refractivity contribution in [3.8, 4) is 0 Å². The van der Waals surface area contributed by atoms with E-state index < -0.39 is 0 Å². The molecule has 2 fully saturated rings. The van der Waals surface area contributed by atoms with E-state index in [0.29, 0.717) is 0 Å². The minimum atomic E-state index is 0.827. The molecule has 1 unspecified atom stereocenters. The quantitative estimate of drug-likeness (QED) is 0.483. The molecule has 0 N–H and O–H groups in total. The smallest absolute Gasteiger partial charge is 0.0162 e. The van der Waals surface area contributed by atoms with Crippen LogP contribution in [-0.4, -0.2) is 6.16 Å². The van der Waals surface area contributed by atoms with Crippen LogP contribution in [0.2, 0.25) is 0 Å². The second-order valence-electron chi connectivity index (χ2n) is 9.10. The van der Waals surface area contributed by atoms with Crippen LogP contribution in [0.5, 0.6) is 0 Å². The van der Waals surface area contributed by atoms with Crippen LogP contribution in [0, 0.1) is 38.5 Å². The van der Waals surface area contributed by atoms with E-state index in [-0.39, 0.29) is 0 Å². The summed E-state index contributed by atoms with van der Waals surface area (Å²) in [5.74, 6) is 3.96. The van der Waals surface area contributed by atoms with Crippen molar-refractivity contribution in [1.29, 1.82) is 0 Å². The molecule has 0 aliphatic heterocycles. The Kier molecular flexibility index (Phi) is 7.01. The molecule has 0 radical (unpaired) electrons. The minimum Gasteiger partial charge on any atom is -0.138 e. The van der Waals surface area contributed by atoms with Crippen LogP contribution in [0.15, 0.2) is 12.1 Å². The number of hydrogen-bond acceptors (Lipinski definition) is 0. The Bertz CT molecular complexity index is 522. The van der Waals surface area contributed by atoms with Crippen molar-refractivity contribution in [3.63, 3.8) is 0 Å². The van der Waals surface area contributed by atoms with Crippen LogP contribution in [0.3, 0.4) is 0 Å². The van der Waals surface area contributed by atoms with Gasteiger partial charge in [0.1, 0.15) is 0 Å². The molecule has 2 saturated carbocycles. The van der Waals surface area contributed by atoms with E-state index in [4.69, 9.17) is 0 Å². The molecule has 0 bridgehead atoms. The predicted octanol–water partition coefficient (Wildman–Crippen LogP) is 7.35. The molecule has 2 aliphatic carbocycles. The lowest BCUT2D eigenvalue weighted by atomic mass is 9.68. The van der Waals surface area contributed by atoms with E-state index in [9.17, 15) is 0 Å². The van der Waals surface area contributed by atoms with E-state index in [0.717, 1.165) is 23.7 Å². The zero-order valence-electron chi connectivity index (χ0n) is 16.8. The zero-order valence-corrected chi connectivity index (χ0v) is 18.0. The van der Waals surface area contributed by atoms with Crippen molar-refractivity contribution in [3.05, 3.63) is 34.4 Å². The molecule has 1 aromatic carbocycles. The van der Waals surface area contributed by atoms with Gasteiger partial charge in [-0.25, -0.2) is 0 Å². The Morgan fingerprint density at radius 3 is 1.84 bits per heavy atom. The first-order valence-corrected chi connectivity index (χ1v) is 11.7. The molecule has 1 heteroatoms. The summed E-state index contributed by atoms with van der Waals surface area (Å²) in [4.78, 5) is 0. The molecule has 1 atom stereocenters. The predicted molar refractivity (Wildman–Crippen MR) is 115 cm³/mol. The summed E-state index contributed by atoms with van der Waals surface area (Å²) in [7, 11) is 2.89. The van der Waals surface area contributed by atoms with Crippen molar-refractivity contribution in [2.24, 2.45) is 17.8 Å². The Morgan fingerprint density at radius 1 is 0.800 bits per heavy atom. The number of rotatable bonds is 5. The molecule has 25 heavy (non-hydrogen) atoms. The fourth-order valence-electron chi connectivity index (χ4n) is 5.58. The molecule has 0 spiro atoms. The average Bonchev–Trinajstić information content (AvgIpc) is 2.64. The van der Waals surface area contributed by atoms with E-state index >= 15 is 0 Å². The highest BCUT2D eigenvalue weighted by molar-refractivity contribution is 7.16. The highest BCUT2D eigenvalue weighted by Gasteiger charge is 2.31. The summed E-state index contributed by atoms with van der Waals surface area (Å²) in [6, 6.07) is 4.95. The largest absolute Gasteiger partial charge is 0.138 e. The summed E-state index contributed by atoms with van der Waals surface area (Å²) in [6.45, 7) is 6.83. The fourth-order valence-corrected chi connectivity index (χ4v) is 5.82. The van der Waals surface area contributed by atoms with Crippen LogP contribution >= 0.6 is 9.24 Å². The molecule has 0 aromatic heterocycles. The maximum atomic E-state index is 2.89. The minimum absolute atomic E-state index is 0.827. The average molecular weight is 359 g/mol. The lowest BCUT2D eigenvalue weighted by Crippen LogP contribution is -2.25. The molecule has 0 amide bonds. The van der Waals surface area contributed by atoms with Crippen LogP contribution < -0.4 is 0 Å². The summed E-state index contributed by atoms with van der Waals surface area (Å²) in [5, 5.41) is 0. The van der Waals surface area contributed by atoms with Gasteiger partial charge in [0.15, 0.2) is 0 Å². The third-order valence-electron chi connectivity index (χ3n) is 7.57. The summed E-state index contributed by atoms with van der Waals surface area (Å²) < 4.78 is 0. The van der Waals surface area contributed by atoms with Gasteiger partial charge in [-0.2, -0.15) is 0 Å². The van der Waals surface area contributed by atoms with Crippen molar-refractivity contribution >= 4 is 9.24 Å². The SMILES string of the molecule is Cc1cc(C2CCC(C3CCC(CCCP)CC3)CC2)cc(C)c1C. The van der Waals surface area contributed by atoms with Crippen LogP contribution in [0.1, 0.15) is 92.4 Å². The number of hydrogen-bond donors (Lipinski definition) is 0. The fraction of sp³-hybridized carbons (Fsp3) is 0.750. The van der Waals surface area contributed by atoms with E-state index in [1.165, 1.54) is 87.1 Å². The molecular formula is C24H39P. The molecular weight excluding hydrogens is 319 g/mol. The van der Waals surface area contributed by atoms with Crippen LogP contribution in [0.4, 0.5) is 0 Å². The Morgan fingerprint density at radius 2 is 1.32 bits per heavy atom. The van der Waals surface area contributed by atoms with Gasteiger partial charge in [0.05, 0.1) is 0 Å². The second kappa shape index (κ2) is 9.03. The van der Waals surface area contributed by atoms with Gasteiger partial charge in [-0.15, -0.1) is 9.24 Å². The third kappa shape index (κ3) is 4.88. The highest BCUT2D eigenvalue weighted by atomic mass is 31.0. The Balaban J connectivity index is 1.49. The second-order valence-corrected chi connectivity index (χ2v) is 9.68. The van der Waals surface area contributed by atoms with Crippen molar-refractivity contribution in [2.45, 2.75) is 90.9 Å². The lowest BCUT2D eigenvalue weighted by molar-refractivity contribution is 0.156. The molecule has 1 aromatic rings. The van der Waals surface area contributed by atoms with Crippen LogP contribution in [0.25, 0.3) is 0 Å². The highest BCUT2D eigenvalue weighted by Crippen LogP contribution is 2.44. The van der Waals surface area contributed by atoms with E-state index in [1.807, 2.05) is 0 Å². The topological polar surface area (TPSA) is 0 Å². The van der Waals surface area contributed by atoms with Gasteiger partial charge in [0.2, 0.25) is 0 Å². The standard InChI is InChI=1S/C24H39P/c1-17-15-24(16-18(2)19(17)3)23-12-10-22(11-13-23)21-8-6-20(7-9-21)5-4-14-25/h15-16,20-23H,4-14,25H2,1-3H3. The van der Waals surface area contributed by atoms with E-state index in [1.54, 1.807) is 5.56 Å². The summed E-state index contributed by atoms with van der Waals surface area (Å²) >= 11 is 0. The van der Waals surface area contributed by atoms with Gasteiger partial charge in [-0.05, 0) is 118 Å². The normalized spacial score (nSPS) is 30.4. The zero-order chi connectivity index (χ0) is 17.8. The molecule has 0 heterocycles. The molecule has 140 valence electrons. The Labute approximate surface area is 158 Å². The maximum Gasteiger partial charge on any atom is -0.0162 e. The summed E-state index contributed by atoms with van der Waals surface area (Å²) in [5.41, 5.74) is 6.08. The van der Waals surface area contributed by atoms with Gasteiger partial charge in [-0.1, -0.05) is 31.4 Å².